The molecule has 3 aromatic rings. The van der Waals surface area contributed by atoms with Crippen molar-refractivity contribution in [3.63, 3.8) is 0 Å². The molecule has 1 aliphatic carbocycles. The molecular formula is C31H25N3O3. The molecule has 182 valence electrons. The van der Waals surface area contributed by atoms with E-state index in [-0.39, 0.29) is 17.7 Å². The second-order valence-corrected chi connectivity index (χ2v) is 9.30. The van der Waals surface area contributed by atoms with Gasteiger partial charge < -0.3 is 9.64 Å². The van der Waals surface area contributed by atoms with Gasteiger partial charge in [0, 0.05) is 18.2 Å². The summed E-state index contributed by atoms with van der Waals surface area (Å²) in [5.41, 5.74) is 6.52. The van der Waals surface area contributed by atoms with Crippen molar-refractivity contribution in [3.05, 3.63) is 125 Å². The predicted molar refractivity (Wildman–Crippen MR) is 142 cm³/mol. The fourth-order valence-electron chi connectivity index (χ4n) is 4.93. The molecule has 0 bridgehead atoms. The topological polar surface area (TPSA) is 71.3 Å². The number of ether oxygens (including phenoxy) is 1. The summed E-state index contributed by atoms with van der Waals surface area (Å²) in [6, 6.07) is 23.8. The first-order chi connectivity index (χ1) is 18.2. The third-order valence-corrected chi connectivity index (χ3v) is 6.90. The van der Waals surface area contributed by atoms with E-state index in [1.807, 2.05) is 95.9 Å². The van der Waals surface area contributed by atoms with Crippen LogP contribution in [0.4, 0.5) is 5.69 Å². The lowest BCUT2D eigenvalue weighted by atomic mass is 9.89. The van der Waals surface area contributed by atoms with E-state index >= 15 is 0 Å². The van der Waals surface area contributed by atoms with E-state index in [0.29, 0.717) is 25.3 Å². The highest BCUT2D eigenvalue weighted by Gasteiger charge is 2.28. The number of benzene rings is 3. The number of hydrogen-bond donors (Lipinski definition) is 0. The van der Waals surface area contributed by atoms with Gasteiger partial charge in [0.25, 0.3) is 5.91 Å². The number of carbonyl (C=O) groups excluding carboxylic acids is 2. The summed E-state index contributed by atoms with van der Waals surface area (Å²) in [6.45, 7) is 1.15. The van der Waals surface area contributed by atoms with Crippen molar-refractivity contribution >= 4 is 23.2 Å². The molecule has 6 heteroatoms. The standard InChI is InChI=1S/C31H25N3O3/c35-29(34-17-16-23-14-15-25(19-28(23)34)37-20-22-6-2-1-3-7-22)18-21-10-12-24(13-11-21)30-26-8-4-5-9-27(26)31(36)33-32-30/h1-15,19,27H,16-18,20H2. The number of hydrogen-bond acceptors (Lipinski definition) is 4. The monoisotopic (exact) mass is 487 g/mol. The molecule has 2 heterocycles. The lowest BCUT2D eigenvalue weighted by molar-refractivity contribution is -0.120. The minimum atomic E-state index is -0.379. The number of fused-ring (bicyclic) bond motifs is 2. The molecule has 0 spiro atoms. The molecule has 37 heavy (non-hydrogen) atoms. The molecule has 3 aromatic carbocycles. The third-order valence-electron chi connectivity index (χ3n) is 6.90. The van der Waals surface area contributed by atoms with Crippen LogP contribution in [0.1, 0.15) is 22.3 Å². The summed E-state index contributed by atoms with van der Waals surface area (Å²) in [5.74, 6) is 0.181. The molecule has 0 radical (unpaired) electrons. The number of carbonyl (C=O) groups is 2. The Bertz CT molecular complexity index is 1480. The summed E-state index contributed by atoms with van der Waals surface area (Å²) in [5, 5.41) is 8.00. The van der Waals surface area contributed by atoms with Crippen molar-refractivity contribution < 1.29 is 14.3 Å². The van der Waals surface area contributed by atoms with Gasteiger partial charge in [0.05, 0.1) is 23.7 Å². The Labute approximate surface area is 215 Å². The van der Waals surface area contributed by atoms with Crippen molar-refractivity contribution in [3.8, 4) is 5.75 Å². The molecule has 2 amide bonds. The van der Waals surface area contributed by atoms with E-state index in [9.17, 15) is 9.59 Å². The smallest absolute Gasteiger partial charge is 0.276 e. The number of amides is 2. The van der Waals surface area contributed by atoms with Crippen molar-refractivity contribution in [1.82, 2.24) is 0 Å². The maximum absolute atomic E-state index is 13.3. The second-order valence-electron chi connectivity index (χ2n) is 9.30. The summed E-state index contributed by atoms with van der Waals surface area (Å²) in [7, 11) is 0. The van der Waals surface area contributed by atoms with Crippen LogP contribution in [0.2, 0.25) is 0 Å². The van der Waals surface area contributed by atoms with Gasteiger partial charge in [0.2, 0.25) is 5.91 Å². The van der Waals surface area contributed by atoms with Crippen LogP contribution in [0, 0.1) is 5.92 Å². The summed E-state index contributed by atoms with van der Waals surface area (Å²) in [6.07, 6.45) is 8.65. The van der Waals surface area contributed by atoms with Crippen LogP contribution in [0.3, 0.4) is 0 Å². The highest BCUT2D eigenvalue weighted by molar-refractivity contribution is 5.97. The van der Waals surface area contributed by atoms with Gasteiger partial charge in [-0.25, -0.2) is 0 Å². The van der Waals surface area contributed by atoms with E-state index in [2.05, 4.69) is 16.3 Å². The van der Waals surface area contributed by atoms with Crippen LogP contribution in [0.5, 0.6) is 5.75 Å². The second kappa shape index (κ2) is 9.82. The van der Waals surface area contributed by atoms with Gasteiger partial charge in [-0.3, -0.25) is 9.59 Å². The first-order valence-corrected chi connectivity index (χ1v) is 12.4. The molecule has 6 nitrogen and oxygen atoms in total. The fourth-order valence-corrected chi connectivity index (χ4v) is 4.93. The maximum atomic E-state index is 13.3. The van der Waals surface area contributed by atoms with Gasteiger partial charge in [-0.05, 0) is 34.8 Å². The van der Waals surface area contributed by atoms with Gasteiger partial charge >= 0.3 is 0 Å². The minimum Gasteiger partial charge on any atom is -0.489 e. The summed E-state index contributed by atoms with van der Waals surface area (Å²) in [4.78, 5) is 27.2. The third kappa shape index (κ3) is 4.66. The molecule has 0 saturated heterocycles. The molecule has 1 atom stereocenters. The Morgan fingerprint density at radius 1 is 0.946 bits per heavy atom. The highest BCUT2D eigenvalue weighted by atomic mass is 16.5. The Balaban J connectivity index is 1.15. The average molecular weight is 488 g/mol. The van der Waals surface area contributed by atoms with Crippen molar-refractivity contribution in [2.24, 2.45) is 16.1 Å². The van der Waals surface area contributed by atoms with Gasteiger partial charge in [-0.15, -0.1) is 10.2 Å². The van der Waals surface area contributed by atoms with Gasteiger partial charge in [0.1, 0.15) is 12.4 Å². The quantitative estimate of drug-likeness (QED) is 0.438. The highest BCUT2D eigenvalue weighted by Crippen LogP contribution is 2.35. The molecular weight excluding hydrogens is 462 g/mol. The van der Waals surface area contributed by atoms with E-state index in [1.54, 1.807) is 0 Å². The predicted octanol–water partition coefficient (Wildman–Crippen LogP) is 5.84. The molecule has 0 N–H and O–H groups in total. The fraction of sp³-hybridized carbons (Fsp3) is 0.161. The zero-order valence-electron chi connectivity index (χ0n) is 20.2. The summed E-state index contributed by atoms with van der Waals surface area (Å²) < 4.78 is 5.99. The van der Waals surface area contributed by atoms with Crippen LogP contribution < -0.4 is 9.64 Å². The van der Waals surface area contributed by atoms with E-state index in [0.717, 1.165) is 45.7 Å². The lowest BCUT2D eigenvalue weighted by Crippen LogP contribution is -2.30. The molecule has 0 saturated carbocycles. The van der Waals surface area contributed by atoms with Crippen molar-refractivity contribution in [2.75, 3.05) is 11.4 Å². The van der Waals surface area contributed by atoms with Gasteiger partial charge in [-0.2, -0.15) is 0 Å². The normalized spacial score (nSPS) is 17.7. The largest absolute Gasteiger partial charge is 0.489 e. The number of anilines is 1. The van der Waals surface area contributed by atoms with Crippen LogP contribution in [0.25, 0.3) is 5.70 Å². The number of allylic oxidation sites excluding steroid dienone is 3. The average Bonchev–Trinajstić information content (AvgIpc) is 3.37. The van der Waals surface area contributed by atoms with E-state index in [4.69, 9.17) is 4.74 Å². The number of azo groups is 1. The molecule has 0 fully saturated rings. The lowest BCUT2D eigenvalue weighted by Gasteiger charge is -2.20. The molecule has 2 aliphatic heterocycles. The van der Waals surface area contributed by atoms with Crippen molar-refractivity contribution in [1.29, 1.82) is 0 Å². The first-order valence-electron chi connectivity index (χ1n) is 12.4. The van der Waals surface area contributed by atoms with Crippen LogP contribution >= 0.6 is 0 Å². The molecule has 0 aromatic heterocycles. The Morgan fingerprint density at radius 2 is 1.78 bits per heavy atom. The Kier molecular flexibility index (Phi) is 6.06. The van der Waals surface area contributed by atoms with E-state index in [1.165, 1.54) is 0 Å². The van der Waals surface area contributed by atoms with Crippen molar-refractivity contribution in [2.45, 2.75) is 19.4 Å². The van der Waals surface area contributed by atoms with E-state index < -0.39 is 0 Å². The maximum Gasteiger partial charge on any atom is 0.276 e. The Morgan fingerprint density at radius 3 is 2.62 bits per heavy atom. The van der Waals surface area contributed by atoms with Crippen LogP contribution in [-0.2, 0) is 29.0 Å². The zero-order valence-corrected chi connectivity index (χ0v) is 20.2. The Hall–Kier alpha value is -4.58. The van der Waals surface area contributed by atoms with Gasteiger partial charge in [0.15, 0.2) is 0 Å². The van der Waals surface area contributed by atoms with Crippen LogP contribution in [0.15, 0.2) is 113 Å². The van der Waals surface area contributed by atoms with Crippen LogP contribution in [-0.4, -0.2) is 18.4 Å². The number of rotatable bonds is 6. The SMILES string of the molecule is O=C1N=NC(c2ccc(CC(=O)N3CCc4ccc(OCc5ccccc5)cc43)cc2)=C2C=CC=CC12. The minimum absolute atomic E-state index is 0.0529. The molecule has 6 rings (SSSR count). The summed E-state index contributed by atoms with van der Waals surface area (Å²) >= 11 is 0. The zero-order chi connectivity index (χ0) is 25.2. The van der Waals surface area contributed by atoms with Gasteiger partial charge in [-0.1, -0.05) is 85.0 Å². The number of nitrogens with zero attached hydrogens (tertiary/aromatic N) is 3. The molecule has 1 unspecified atom stereocenters. The molecule has 3 aliphatic rings. The first kappa shape index (κ1) is 22.9.